The molecule has 320 valence electrons. The number of nitrogens with zero attached hydrogens (tertiary/aromatic N) is 1. The Hall–Kier alpha value is -2.45. The fraction of sp³-hybridized carbons (Fsp3) is 0.809. The van der Waals surface area contributed by atoms with Crippen molar-refractivity contribution >= 4 is 17.9 Å². The van der Waals surface area contributed by atoms with Crippen LogP contribution in [0, 0.1) is 0 Å². The fourth-order valence-corrected chi connectivity index (χ4v) is 6.45. The lowest BCUT2D eigenvalue weighted by atomic mass is 10.1. The minimum atomic E-state index is -1.13. The zero-order valence-electron chi connectivity index (χ0n) is 36.3. The monoisotopic (exact) mass is 776 g/mol. The average molecular weight is 776 g/mol. The van der Waals surface area contributed by atoms with Crippen molar-refractivity contribution in [2.75, 3.05) is 41.0 Å². The molecule has 0 aliphatic rings. The van der Waals surface area contributed by atoms with Crippen LogP contribution in [-0.4, -0.2) is 75.5 Å². The lowest BCUT2D eigenvalue weighted by Gasteiger charge is -2.34. The van der Waals surface area contributed by atoms with E-state index in [-0.39, 0.29) is 42.7 Å². The molecule has 0 aromatic carbocycles. The van der Waals surface area contributed by atoms with Crippen molar-refractivity contribution in [2.45, 2.75) is 206 Å². The Bertz CT molecular complexity index is 1000. The average Bonchev–Trinajstić information content (AvgIpc) is 3.14. The molecule has 0 radical (unpaired) electrons. The summed E-state index contributed by atoms with van der Waals surface area (Å²) in [5, 5.41) is 11.6. The maximum Gasteiger partial charge on any atom is 0.306 e. The Morgan fingerprint density at radius 2 is 0.964 bits per heavy atom. The zero-order valence-corrected chi connectivity index (χ0v) is 36.3. The first kappa shape index (κ1) is 52.6. The lowest BCUT2D eigenvalue weighted by molar-refractivity contribution is -0.889. The van der Waals surface area contributed by atoms with Gasteiger partial charge in [0.1, 0.15) is 12.6 Å². The number of likely N-dealkylation sites (N-methyl/N-ethyl adjacent to an activating group) is 1. The quantitative estimate of drug-likeness (QED) is 0.0264. The van der Waals surface area contributed by atoms with Crippen LogP contribution < -0.4 is 5.11 Å². The molecule has 2 unspecified atom stereocenters. The van der Waals surface area contributed by atoms with Gasteiger partial charge in [0.2, 0.25) is 0 Å². The van der Waals surface area contributed by atoms with Gasteiger partial charge in [-0.25, -0.2) is 0 Å². The molecule has 0 saturated heterocycles. The third-order valence-electron chi connectivity index (χ3n) is 10.00. The zero-order chi connectivity index (χ0) is 40.7. The van der Waals surface area contributed by atoms with E-state index >= 15 is 0 Å². The summed E-state index contributed by atoms with van der Waals surface area (Å²) in [5.41, 5.74) is 0. The summed E-state index contributed by atoms with van der Waals surface area (Å²) in [6, 6.07) is -0.728. The molecule has 8 nitrogen and oxygen atoms in total. The molecule has 0 saturated carbocycles. The first-order valence-corrected chi connectivity index (χ1v) is 22.5. The molecule has 0 bridgehead atoms. The van der Waals surface area contributed by atoms with Gasteiger partial charge in [0.15, 0.2) is 6.10 Å². The number of carboxylic acids is 1. The number of esters is 2. The molecule has 8 heteroatoms. The van der Waals surface area contributed by atoms with Crippen molar-refractivity contribution in [1.29, 1.82) is 0 Å². The van der Waals surface area contributed by atoms with E-state index in [0.29, 0.717) is 12.8 Å². The molecule has 0 aliphatic heterocycles. The van der Waals surface area contributed by atoms with Crippen molar-refractivity contribution < 1.29 is 38.2 Å². The van der Waals surface area contributed by atoms with E-state index < -0.39 is 18.1 Å². The summed E-state index contributed by atoms with van der Waals surface area (Å²) >= 11 is 0. The highest BCUT2D eigenvalue weighted by Crippen LogP contribution is 2.14. The van der Waals surface area contributed by atoms with E-state index in [2.05, 4.69) is 50.3 Å². The van der Waals surface area contributed by atoms with Crippen LogP contribution in [0.5, 0.6) is 0 Å². The van der Waals surface area contributed by atoms with Gasteiger partial charge in [0.25, 0.3) is 0 Å². The summed E-state index contributed by atoms with van der Waals surface area (Å²) in [7, 11) is 5.40. The van der Waals surface area contributed by atoms with Crippen LogP contribution in [0.15, 0.2) is 36.5 Å². The standard InChI is InChI=1S/C47H85NO7/c1-6-8-10-12-14-16-18-20-22-23-24-26-28-30-32-34-36-38-46(50)55-43(41-53-40-39-44(47(51)52)48(3,4)5)42-54-45(49)37-35-33-31-29-27-25-21-19-17-15-13-11-9-7-2/h14,16,20,22,25,27,43-44H,6-13,15,17-19,21,23-24,26,28-42H2,1-5H3/b16-14+,22-20+,27-25+. The Morgan fingerprint density at radius 3 is 1.47 bits per heavy atom. The molecule has 0 amide bonds. The summed E-state index contributed by atoms with van der Waals surface area (Å²) in [6.07, 6.45) is 43.0. The van der Waals surface area contributed by atoms with Crippen LogP contribution in [0.2, 0.25) is 0 Å². The van der Waals surface area contributed by atoms with Gasteiger partial charge in [-0.15, -0.1) is 0 Å². The third-order valence-corrected chi connectivity index (χ3v) is 10.00. The molecule has 0 aromatic heterocycles. The first-order valence-electron chi connectivity index (χ1n) is 22.5. The number of aliphatic carboxylic acids is 1. The Kier molecular flexibility index (Phi) is 36.7. The van der Waals surface area contributed by atoms with Crippen LogP contribution >= 0.6 is 0 Å². The highest BCUT2D eigenvalue weighted by molar-refractivity contribution is 5.70. The molecule has 0 fully saturated rings. The number of ether oxygens (including phenoxy) is 3. The van der Waals surface area contributed by atoms with Crippen LogP contribution in [-0.2, 0) is 28.6 Å². The number of unbranched alkanes of at least 4 members (excludes halogenated alkanes) is 20. The van der Waals surface area contributed by atoms with Crippen LogP contribution in [0.4, 0.5) is 0 Å². The molecular weight excluding hydrogens is 691 g/mol. The number of allylic oxidation sites excluding steroid dienone is 6. The number of quaternary nitrogens is 1. The van der Waals surface area contributed by atoms with Gasteiger partial charge < -0.3 is 28.6 Å². The van der Waals surface area contributed by atoms with E-state index in [4.69, 9.17) is 14.2 Å². The predicted octanol–water partition coefficient (Wildman–Crippen LogP) is 10.9. The number of carbonyl (C=O) groups excluding carboxylic acids is 3. The second-order valence-electron chi connectivity index (χ2n) is 16.3. The van der Waals surface area contributed by atoms with E-state index in [1.165, 1.54) is 96.3 Å². The second-order valence-corrected chi connectivity index (χ2v) is 16.3. The van der Waals surface area contributed by atoms with Crippen molar-refractivity contribution in [3.8, 4) is 0 Å². The molecule has 55 heavy (non-hydrogen) atoms. The van der Waals surface area contributed by atoms with Crippen LogP contribution in [0.3, 0.4) is 0 Å². The highest BCUT2D eigenvalue weighted by atomic mass is 16.6. The van der Waals surface area contributed by atoms with Crippen molar-refractivity contribution in [3.63, 3.8) is 0 Å². The molecule has 0 aliphatic carbocycles. The van der Waals surface area contributed by atoms with Gasteiger partial charge in [-0.1, -0.05) is 140 Å². The van der Waals surface area contributed by atoms with Gasteiger partial charge in [0, 0.05) is 19.3 Å². The summed E-state index contributed by atoms with van der Waals surface area (Å²) in [5.74, 6) is -1.76. The van der Waals surface area contributed by atoms with Crippen molar-refractivity contribution in [3.05, 3.63) is 36.5 Å². The number of hydrogen-bond donors (Lipinski definition) is 0. The van der Waals surface area contributed by atoms with E-state index in [0.717, 1.165) is 64.2 Å². The molecule has 0 aromatic rings. The Balaban J connectivity index is 4.37. The number of carbonyl (C=O) groups is 3. The highest BCUT2D eigenvalue weighted by Gasteiger charge is 2.25. The molecule has 0 heterocycles. The van der Waals surface area contributed by atoms with Crippen LogP contribution in [0.25, 0.3) is 0 Å². The summed E-state index contributed by atoms with van der Waals surface area (Å²) < 4.78 is 17.2. The largest absolute Gasteiger partial charge is 0.544 e. The predicted molar refractivity (Wildman–Crippen MR) is 227 cm³/mol. The van der Waals surface area contributed by atoms with Crippen molar-refractivity contribution in [1.82, 2.24) is 0 Å². The SMILES string of the molecule is CCCCC/C=C/C/C=C/CCCCCCCCCC(=O)OC(COCCC(C(=O)[O-])[N+](C)(C)C)COC(=O)CCCCC/C=C/CCCCCCCCC. The van der Waals surface area contributed by atoms with E-state index in [9.17, 15) is 19.5 Å². The van der Waals surface area contributed by atoms with E-state index in [1.807, 2.05) is 0 Å². The molecule has 2 atom stereocenters. The minimum absolute atomic E-state index is 0.0338. The maximum atomic E-state index is 12.7. The topological polar surface area (TPSA) is 102 Å². The van der Waals surface area contributed by atoms with Gasteiger partial charge in [-0.2, -0.15) is 0 Å². The van der Waals surface area contributed by atoms with Crippen LogP contribution in [0.1, 0.15) is 194 Å². The van der Waals surface area contributed by atoms with Gasteiger partial charge >= 0.3 is 11.9 Å². The molecule has 0 rings (SSSR count). The lowest BCUT2D eigenvalue weighted by Crippen LogP contribution is -2.55. The molecule has 0 N–H and O–H groups in total. The number of rotatable bonds is 40. The normalized spacial score (nSPS) is 13.3. The Morgan fingerprint density at radius 1 is 0.545 bits per heavy atom. The van der Waals surface area contributed by atoms with Crippen molar-refractivity contribution in [2.24, 2.45) is 0 Å². The third kappa shape index (κ3) is 36.9. The first-order chi connectivity index (χ1) is 26.6. The Labute approximate surface area is 338 Å². The summed E-state index contributed by atoms with van der Waals surface area (Å²) in [4.78, 5) is 36.8. The number of carboxylic acid groups (broad SMARTS) is 1. The molecule has 0 spiro atoms. The second kappa shape index (κ2) is 38.4. The smallest absolute Gasteiger partial charge is 0.306 e. The van der Waals surface area contributed by atoms with Gasteiger partial charge in [-0.05, 0) is 70.6 Å². The van der Waals surface area contributed by atoms with E-state index in [1.54, 1.807) is 21.1 Å². The maximum absolute atomic E-state index is 12.7. The minimum Gasteiger partial charge on any atom is -0.544 e. The number of hydrogen-bond acceptors (Lipinski definition) is 7. The molecular formula is C47H85NO7. The van der Waals surface area contributed by atoms with Gasteiger partial charge in [-0.3, -0.25) is 9.59 Å². The summed E-state index contributed by atoms with van der Waals surface area (Å²) in [6.45, 7) is 4.61. The fourth-order valence-electron chi connectivity index (χ4n) is 6.45. The van der Waals surface area contributed by atoms with Gasteiger partial charge in [0.05, 0.1) is 40.3 Å².